The van der Waals surface area contributed by atoms with Crippen molar-refractivity contribution in [3.63, 3.8) is 0 Å². The van der Waals surface area contributed by atoms with Gasteiger partial charge in [-0.2, -0.15) is 0 Å². The van der Waals surface area contributed by atoms with Gasteiger partial charge in [0.1, 0.15) is 0 Å². The molecule has 0 rings (SSSR count). The Morgan fingerprint density at radius 1 is 1.62 bits per heavy atom. The molecule has 0 fully saturated rings. The van der Waals surface area contributed by atoms with Crippen molar-refractivity contribution in [1.29, 1.82) is 0 Å². The van der Waals surface area contributed by atoms with Crippen molar-refractivity contribution in [2.75, 3.05) is 6.61 Å². The van der Waals surface area contributed by atoms with Crippen LogP contribution in [0.1, 0.15) is 27.2 Å². The normalized spacial score (nSPS) is 14.2. The average Bonchev–Trinajstić information content (AvgIpc) is 2.06. The van der Waals surface area contributed by atoms with Gasteiger partial charge >= 0.3 is 5.97 Å². The Morgan fingerprint density at radius 2 is 2.15 bits per heavy atom. The fraction of sp³-hybridized carbons (Fsp3) is 0.600. The molecule has 1 unspecified atom stereocenters. The number of esters is 1. The van der Waals surface area contributed by atoms with Gasteiger partial charge in [0.25, 0.3) is 0 Å². The summed E-state index contributed by atoms with van der Waals surface area (Å²) in [7, 11) is 0. The van der Waals surface area contributed by atoms with Crippen molar-refractivity contribution < 1.29 is 14.6 Å². The fourth-order valence-corrected chi connectivity index (χ4v) is 1.04. The van der Waals surface area contributed by atoms with Crippen LogP contribution in [0.4, 0.5) is 0 Å². The Balaban J connectivity index is 4.73. The molecule has 0 aromatic heterocycles. The summed E-state index contributed by atoms with van der Waals surface area (Å²) < 4.78 is 4.71. The molecular weight excluding hydrogens is 168 g/mol. The lowest BCUT2D eigenvalue weighted by molar-refractivity contribution is -0.159. The maximum atomic E-state index is 11.3. The number of ether oxygens (including phenoxy) is 1. The molecule has 1 atom stereocenters. The quantitative estimate of drug-likeness (QED) is 0.531. The monoisotopic (exact) mass is 184 g/mol. The number of hydrogen-bond donors (Lipinski definition) is 1. The molecule has 74 valence electrons. The van der Waals surface area contributed by atoms with Crippen molar-refractivity contribution in [3.8, 4) is 0 Å². The maximum absolute atomic E-state index is 11.3. The summed E-state index contributed by atoms with van der Waals surface area (Å²) in [6, 6.07) is 0. The van der Waals surface area contributed by atoms with Crippen LogP contribution in [-0.2, 0) is 9.53 Å². The summed E-state index contributed by atoms with van der Waals surface area (Å²) in [5.74, 6) is -0.650. The molecule has 1 N–H and O–H groups in total. The Morgan fingerprint density at radius 3 is 2.46 bits per heavy atom. The second-order valence-corrected chi connectivity index (χ2v) is 2.80. The smallest absolute Gasteiger partial charge is 0.342 e. The van der Waals surface area contributed by atoms with Gasteiger partial charge in [0.15, 0.2) is 5.60 Å². The van der Waals surface area contributed by atoms with Crippen LogP contribution < -0.4 is 0 Å². The molecule has 0 aliphatic carbocycles. The van der Waals surface area contributed by atoms with Crippen LogP contribution in [0.3, 0.4) is 0 Å². The van der Waals surface area contributed by atoms with Gasteiger partial charge in [-0.1, -0.05) is 13.5 Å². The van der Waals surface area contributed by atoms with E-state index in [0.717, 1.165) is 0 Å². The summed E-state index contributed by atoms with van der Waals surface area (Å²) in [6.07, 6.45) is 0.523. The number of hydrogen-bond acceptors (Lipinski definition) is 3. The molecule has 0 aliphatic rings. The molecule has 0 spiro atoms. The second-order valence-electron chi connectivity index (χ2n) is 2.80. The van der Waals surface area contributed by atoms with Crippen LogP contribution in [0, 0.1) is 0 Å². The van der Waals surface area contributed by atoms with Crippen molar-refractivity contribution in [3.05, 3.63) is 17.9 Å². The minimum Gasteiger partial charge on any atom is -0.464 e. The van der Waals surface area contributed by atoms with E-state index in [1.165, 1.54) is 6.92 Å². The van der Waals surface area contributed by atoms with E-state index in [1.807, 2.05) is 6.92 Å². The van der Waals surface area contributed by atoms with E-state index in [1.54, 1.807) is 6.92 Å². The molecular formula is C10H16O3. The Labute approximate surface area is 78.7 Å². The lowest BCUT2D eigenvalue weighted by atomic mass is 9.95. The van der Waals surface area contributed by atoms with Crippen LogP contribution >= 0.6 is 0 Å². The molecule has 0 radical (unpaired) electrons. The van der Waals surface area contributed by atoms with E-state index in [0.29, 0.717) is 12.0 Å². The van der Waals surface area contributed by atoms with Gasteiger partial charge in [0, 0.05) is 5.57 Å². The van der Waals surface area contributed by atoms with Gasteiger partial charge in [-0.25, -0.2) is 4.79 Å². The minimum atomic E-state index is -1.59. The SMILES string of the molecule is C=C=C(CC)C(C)(O)C(=O)OCC. The first kappa shape index (κ1) is 11.9. The van der Waals surface area contributed by atoms with Gasteiger partial charge in [-0.05, 0) is 20.3 Å². The van der Waals surface area contributed by atoms with E-state index in [4.69, 9.17) is 4.74 Å². The highest BCUT2D eigenvalue weighted by atomic mass is 16.5. The third-order valence-corrected chi connectivity index (χ3v) is 1.83. The van der Waals surface area contributed by atoms with Crippen LogP contribution in [0.25, 0.3) is 0 Å². The highest BCUT2D eigenvalue weighted by Crippen LogP contribution is 2.19. The second kappa shape index (κ2) is 4.85. The van der Waals surface area contributed by atoms with E-state index in [2.05, 4.69) is 12.3 Å². The number of rotatable bonds is 4. The summed E-state index contributed by atoms with van der Waals surface area (Å²) in [5, 5.41) is 9.76. The van der Waals surface area contributed by atoms with Gasteiger partial charge in [0.05, 0.1) is 6.61 Å². The van der Waals surface area contributed by atoms with E-state index in [-0.39, 0.29) is 6.61 Å². The molecule has 0 heterocycles. The molecule has 0 saturated carbocycles. The van der Waals surface area contributed by atoms with E-state index < -0.39 is 11.6 Å². The van der Waals surface area contributed by atoms with Crippen LogP contribution in [0.5, 0.6) is 0 Å². The highest BCUT2D eigenvalue weighted by Gasteiger charge is 2.35. The van der Waals surface area contributed by atoms with Crippen molar-refractivity contribution >= 4 is 5.97 Å². The van der Waals surface area contributed by atoms with Crippen molar-refractivity contribution in [2.45, 2.75) is 32.8 Å². The van der Waals surface area contributed by atoms with Gasteiger partial charge in [-0.3, -0.25) is 0 Å². The highest BCUT2D eigenvalue weighted by molar-refractivity contribution is 5.82. The maximum Gasteiger partial charge on any atom is 0.342 e. The molecule has 0 amide bonds. The Hall–Kier alpha value is -1.05. The first-order chi connectivity index (χ1) is 6.00. The molecule has 0 aliphatic heterocycles. The third-order valence-electron chi connectivity index (χ3n) is 1.83. The van der Waals surface area contributed by atoms with E-state index in [9.17, 15) is 9.90 Å². The third kappa shape index (κ3) is 2.72. The molecule has 3 nitrogen and oxygen atoms in total. The average molecular weight is 184 g/mol. The number of carbonyl (C=O) groups is 1. The zero-order valence-electron chi connectivity index (χ0n) is 8.39. The largest absolute Gasteiger partial charge is 0.464 e. The topological polar surface area (TPSA) is 46.5 Å². The molecule has 0 saturated heterocycles. The first-order valence-corrected chi connectivity index (χ1v) is 4.29. The number of aliphatic hydroxyl groups is 1. The summed E-state index contributed by atoms with van der Waals surface area (Å²) in [4.78, 5) is 11.3. The Kier molecular flexibility index (Phi) is 4.46. The Bertz CT molecular complexity index is 235. The van der Waals surface area contributed by atoms with Crippen LogP contribution in [-0.4, -0.2) is 23.3 Å². The molecule has 0 bridgehead atoms. The van der Waals surface area contributed by atoms with Gasteiger partial charge < -0.3 is 9.84 Å². The minimum absolute atomic E-state index is 0.253. The predicted octanol–water partition coefficient (Wildman–Crippen LogP) is 1.42. The molecule has 0 aromatic rings. The lowest BCUT2D eigenvalue weighted by Crippen LogP contribution is -2.38. The molecule has 3 heteroatoms. The fourth-order valence-electron chi connectivity index (χ4n) is 1.04. The first-order valence-electron chi connectivity index (χ1n) is 4.29. The zero-order valence-corrected chi connectivity index (χ0v) is 8.39. The summed E-state index contributed by atoms with van der Waals surface area (Å²) >= 11 is 0. The molecule has 0 aromatic carbocycles. The standard InChI is InChI=1S/C10H16O3/c1-5-8(6-2)10(4,12)9(11)13-7-3/h12H,1,6-7H2,2-4H3. The van der Waals surface area contributed by atoms with Crippen LogP contribution in [0.15, 0.2) is 17.9 Å². The predicted molar refractivity (Wildman–Crippen MR) is 50.2 cm³/mol. The lowest BCUT2D eigenvalue weighted by Gasteiger charge is -2.21. The van der Waals surface area contributed by atoms with Crippen molar-refractivity contribution in [2.24, 2.45) is 0 Å². The van der Waals surface area contributed by atoms with Crippen LogP contribution in [0.2, 0.25) is 0 Å². The van der Waals surface area contributed by atoms with Gasteiger partial charge in [-0.15, -0.1) is 5.73 Å². The molecule has 13 heavy (non-hydrogen) atoms. The van der Waals surface area contributed by atoms with Gasteiger partial charge in [0.2, 0.25) is 0 Å². The summed E-state index contributed by atoms with van der Waals surface area (Å²) in [6.45, 7) is 8.57. The number of carbonyl (C=O) groups excluding carboxylic acids is 1. The zero-order chi connectivity index (χ0) is 10.5. The summed E-state index contributed by atoms with van der Waals surface area (Å²) in [5.41, 5.74) is 1.41. The van der Waals surface area contributed by atoms with E-state index >= 15 is 0 Å². The van der Waals surface area contributed by atoms with Crippen molar-refractivity contribution in [1.82, 2.24) is 0 Å².